The maximum absolute atomic E-state index is 15.0. The Morgan fingerprint density at radius 2 is 1.76 bits per heavy atom. The first-order valence-electron chi connectivity index (χ1n) is 11.9. The lowest BCUT2D eigenvalue weighted by molar-refractivity contribution is -0.120. The lowest BCUT2D eigenvalue weighted by Crippen LogP contribution is -2.51. The Labute approximate surface area is 221 Å². The molecule has 1 atom stereocenters. The first-order valence-corrected chi connectivity index (χ1v) is 12.9. The molecule has 1 aliphatic carbocycles. The highest BCUT2D eigenvalue weighted by atomic mass is 32.2. The summed E-state index contributed by atoms with van der Waals surface area (Å²) in [6.07, 6.45) is -1.88. The minimum absolute atomic E-state index is 0.0487. The molecule has 3 amide bonds. The summed E-state index contributed by atoms with van der Waals surface area (Å²) in [6.45, 7) is 4.95. The molecule has 4 rings (SSSR count). The number of thioether (sulfide) groups is 1. The van der Waals surface area contributed by atoms with Crippen LogP contribution in [0, 0.1) is 11.6 Å². The number of amides is 3. The van der Waals surface area contributed by atoms with Crippen LogP contribution < -0.4 is 15.5 Å². The first-order chi connectivity index (χ1) is 17.7. The number of nitrogens with one attached hydrogen (secondary N) is 2. The minimum atomic E-state index is -2.87. The number of benzene rings is 2. The molecule has 12 heteroatoms. The predicted octanol–water partition coefficient (Wildman–Crippen LogP) is 5.02. The van der Waals surface area contributed by atoms with E-state index in [0.29, 0.717) is 10.5 Å². The van der Waals surface area contributed by atoms with Gasteiger partial charge < -0.3 is 20.3 Å². The van der Waals surface area contributed by atoms with Gasteiger partial charge in [0.05, 0.1) is 17.8 Å². The van der Waals surface area contributed by atoms with E-state index in [9.17, 15) is 27.6 Å². The average molecular weight is 554 g/mol. The summed E-state index contributed by atoms with van der Waals surface area (Å²) >= 11 is 1.10. The average Bonchev–Trinajstić information content (AvgIpc) is 2.89. The number of anilines is 1. The third kappa shape index (κ3) is 6.58. The van der Waals surface area contributed by atoms with E-state index in [4.69, 9.17) is 4.74 Å². The van der Waals surface area contributed by atoms with Crippen molar-refractivity contribution >= 4 is 35.4 Å². The van der Waals surface area contributed by atoms with Gasteiger partial charge in [0.2, 0.25) is 0 Å². The lowest BCUT2D eigenvalue weighted by Gasteiger charge is -2.35. The predicted molar refractivity (Wildman–Crippen MR) is 133 cm³/mol. The molecule has 0 spiro atoms. The normalized spacial score (nSPS) is 19.2. The maximum Gasteiger partial charge on any atom is 0.408 e. The van der Waals surface area contributed by atoms with Gasteiger partial charge in [0.15, 0.2) is 0 Å². The number of alkyl carbamates (subject to hydrolysis) is 1. The topological polar surface area (TPSA) is 87.7 Å². The third-order valence-electron chi connectivity index (χ3n) is 5.92. The quantitative estimate of drug-likeness (QED) is 0.508. The number of rotatable bonds is 5. The van der Waals surface area contributed by atoms with Gasteiger partial charge in [-0.3, -0.25) is 9.59 Å². The summed E-state index contributed by atoms with van der Waals surface area (Å²) < 4.78 is 60.2. The standard InChI is InChI=1S/C26H27F4N3O4S/c1-25(2,3)37-24(36)32-19-13-38-21-9-18(28)17(22(34)31-16-10-26(29,30)11-16)8-20(21)33(23(19)35)12-14-4-6-15(27)7-5-14/h4-9,16,19H,10-13H2,1-3H3,(H,31,34)(H,32,36)/t19-/m0/s1. The lowest BCUT2D eigenvalue weighted by atomic mass is 9.88. The molecule has 1 fully saturated rings. The molecule has 1 heterocycles. The third-order valence-corrected chi connectivity index (χ3v) is 7.06. The monoisotopic (exact) mass is 553 g/mol. The summed E-state index contributed by atoms with van der Waals surface area (Å²) in [5.41, 5.74) is -0.476. The number of carbonyl (C=O) groups excluding carboxylic acids is 3. The van der Waals surface area contributed by atoms with Crippen molar-refractivity contribution in [1.29, 1.82) is 0 Å². The van der Waals surface area contributed by atoms with Crippen molar-refractivity contribution in [2.24, 2.45) is 0 Å². The Morgan fingerprint density at radius 3 is 2.37 bits per heavy atom. The Morgan fingerprint density at radius 1 is 1.11 bits per heavy atom. The van der Waals surface area contributed by atoms with E-state index in [-0.39, 0.29) is 18.0 Å². The Bertz CT molecular complexity index is 1240. The van der Waals surface area contributed by atoms with Crippen LogP contribution in [0.1, 0.15) is 49.5 Å². The van der Waals surface area contributed by atoms with Gasteiger partial charge in [-0.1, -0.05) is 12.1 Å². The molecule has 0 saturated heterocycles. The largest absolute Gasteiger partial charge is 0.444 e. The van der Waals surface area contributed by atoms with E-state index >= 15 is 4.39 Å². The van der Waals surface area contributed by atoms with Crippen molar-refractivity contribution in [1.82, 2.24) is 10.6 Å². The number of hydrogen-bond acceptors (Lipinski definition) is 5. The fraction of sp³-hybridized carbons (Fsp3) is 0.423. The SMILES string of the molecule is CC(C)(C)OC(=O)N[C@H]1CSc2cc(F)c(C(=O)NC3CC(F)(F)C3)cc2N(Cc2ccc(F)cc2)C1=O. The van der Waals surface area contributed by atoms with Gasteiger partial charge in [-0.2, -0.15) is 0 Å². The second kappa shape index (κ2) is 10.5. The van der Waals surface area contributed by atoms with Crippen molar-refractivity contribution in [2.75, 3.05) is 10.7 Å². The zero-order valence-electron chi connectivity index (χ0n) is 20.9. The number of ether oxygens (including phenoxy) is 1. The number of hydrogen-bond donors (Lipinski definition) is 2. The molecular weight excluding hydrogens is 526 g/mol. The number of carbonyl (C=O) groups is 3. The maximum atomic E-state index is 15.0. The fourth-order valence-corrected chi connectivity index (χ4v) is 5.19. The first kappa shape index (κ1) is 27.7. The van der Waals surface area contributed by atoms with Crippen LogP contribution in [-0.4, -0.2) is 47.3 Å². The molecule has 0 unspecified atom stereocenters. The molecule has 7 nitrogen and oxygen atoms in total. The Kier molecular flexibility index (Phi) is 7.64. The second-order valence-electron chi connectivity index (χ2n) is 10.3. The number of nitrogens with zero attached hydrogens (tertiary/aromatic N) is 1. The van der Waals surface area contributed by atoms with Crippen molar-refractivity contribution in [3.8, 4) is 0 Å². The van der Waals surface area contributed by atoms with Gasteiger partial charge >= 0.3 is 6.09 Å². The molecule has 2 aromatic rings. The molecule has 0 aromatic heterocycles. The molecule has 0 bridgehead atoms. The van der Waals surface area contributed by atoms with Gasteiger partial charge in [0.25, 0.3) is 17.7 Å². The number of fused-ring (bicyclic) bond motifs is 1. The molecule has 1 saturated carbocycles. The van der Waals surface area contributed by atoms with Crippen LogP contribution in [0.15, 0.2) is 41.3 Å². The Hall–Kier alpha value is -3.28. The van der Waals surface area contributed by atoms with Crippen LogP contribution in [0.3, 0.4) is 0 Å². The zero-order valence-corrected chi connectivity index (χ0v) is 21.8. The van der Waals surface area contributed by atoms with Crippen LogP contribution in [0.25, 0.3) is 0 Å². The smallest absolute Gasteiger partial charge is 0.408 e. The molecule has 38 heavy (non-hydrogen) atoms. The van der Waals surface area contributed by atoms with Crippen LogP contribution in [0.2, 0.25) is 0 Å². The van der Waals surface area contributed by atoms with E-state index < -0.39 is 71.6 Å². The molecule has 2 aliphatic rings. The van der Waals surface area contributed by atoms with E-state index in [2.05, 4.69) is 10.6 Å². The van der Waals surface area contributed by atoms with Gasteiger partial charge in [-0.25, -0.2) is 22.4 Å². The van der Waals surface area contributed by atoms with E-state index in [1.807, 2.05) is 0 Å². The van der Waals surface area contributed by atoms with Crippen LogP contribution in [-0.2, 0) is 16.1 Å². The molecule has 204 valence electrons. The van der Waals surface area contributed by atoms with Crippen molar-refractivity contribution < 1.29 is 36.7 Å². The second-order valence-corrected chi connectivity index (χ2v) is 11.4. The number of halogens is 4. The van der Waals surface area contributed by atoms with Gasteiger partial charge in [0, 0.05) is 29.5 Å². The molecule has 1 aliphatic heterocycles. The molecule has 0 radical (unpaired) electrons. The highest BCUT2D eigenvalue weighted by molar-refractivity contribution is 7.99. The molecule has 2 N–H and O–H groups in total. The van der Waals surface area contributed by atoms with Gasteiger partial charge in [-0.05, 0) is 50.6 Å². The van der Waals surface area contributed by atoms with E-state index in [1.165, 1.54) is 35.2 Å². The Balaban J connectivity index is 1.65. The van der Waals surface area contributed by atoms with E-state index in [0.717, 1.165) is 17.8 Å². The summed E-state index contributed by atoms with van der Waals surface area (Å²) in [4.78, 5) is 40.4. The van der Waals surface area contributed by atoms with Crippen LogP contribution in [0.4, 0.5) is 28.0 Å². The summed E-state index contributed by atoms with van der Waals surface area (Å²) in [7, 11) is 0. The fourth-order valence-electron chi connectivity index (χ4n) is 4.11. The number of alkyl halides is 2. The van der Waals surface area contributed by atoms with Gasteiger partial charge in [0.1, 0.15) is 23.3 Å². The van der Waals surface area contributed by atoms with E-state index in [1.54, 1.807) is 20.8 Å². The minimum Gasteiger partial charge on any atom is -0.444 e. The molecule has 2 aromatic carbocycles. The van der Waals surface area contributed by atoms with Crippen molar-refractivity contribution in [3.05, 3.63) is 59.2 Å². The zero-order chi connectivity index (χ0) is 27.8. The molecular formula is C26H27F4N3O4S. The highest BCUT2D eigenvalue weighted by Gasteiger charge is 2.46. The summed E-state index contributed by atoms with van der Waals surface area (Å²) in [5.74, 6) is -5.60. The van der Waals surface area contributed by atoms with Gasteiger partial charge in [-0.15, -0.1) is 11.8 Å². The summed E-state index contributed by atoms with van der Waals surface area (Å²) in [6, 6.07) is 5.86. The summed E-state index contributed by atoms with van der Waals surface area (Å²) in [5, 5.41) is 4.95. The highest BCUT2D eigenvalue weighted by Crippen LogP contribution is 2.39. The van der Waals surface area contributed by atoms with Crippen molar-refractivity contribution in [2.45, 2.75) is 68.7 Å². The van der Waals surface area contributed by atoms with Crippen molar-refractivity contribution in [3.63, 3.8) is 0 Å². The van der Waals surface area contributed by atoms with Crippen LogP contribution in [0.5, 0.6) is 0 Å². The van der Waals surface area contributed by atoms with Crippen LogP contribution >= 0.6 is 11.8 Å².